The minimum absolute atomic E-state index is 0.170. The van der Waals surface area contributed by atoms with Gasteiger partial charge in [-0.3, -0.25) is 0 Å². The van der Waals surface area contributed by atoms with Gasteiger partial charge in [0.15, 0.2) is 0 Å². The van der Waals surface area contributed by atoms with Crippen LogP contribution in [0.5, 0.6) is 0 Å². The third-order valence-corrected chi connectivity index (χ3v) is 3.04. The first kappa shape index (κ1) is 15.2. The highest BCUT2D eigenvalue weighted by molar-refractivity contribution is 5.59. The molecule has 2 rings (SSSR count). The van der Waals surface area contributed by atoms with Gasteiger partial charge in [-0.05, 0) is 32.4 Å². The van der Waals surface area contributed by atoms with Crippen molar-refractivity contribution < 1.29 is 8.78 Å². The Bertz CT molecular complexity index is 631. The molecule has 6 heteroatoms. The number of nitrogens with zero attached hydrogens (tertiary/aromatic N) is 2. The SMILES string of the molecule is CCC(C)Nc1cc(Nc2ccc(F)cc2F)nc(C)n1. The number of aryl methyl sites for hydroxylation is 1. The van der Waals surface area contributed by atoms with Crippen LogP contribution in [0.4, 0.5) is 26.1 Å². The Hall–Kier alpha value is -2.24. The summed E-state index contributed by atoms with van der Waals surface area (Å²) < 4.78 is 26.5. The van der Waals surface area contributed by atoms with Crippen LogP contribution < -0.4 is 10.6 Å². The Morgan fingerprint density at radius 3 is 2.52 bits per heavy atom. The summed E-state index contributed by atoms with van der Waals surface area (Å²) >= 11 is 0. The van der Waals surface area contributed by atoms with Crippen molar-refractivity contribution in [3.05, 3.63) is 41.7 Å². The van der Waals surface area contributed by atoms with Crippen molar-refractivity contribution in [1.29, 1.82) is 0 Å². The molecular formula is C15H18F2N4. The molecule has 112 valence electrons. The normalized spacial score (nSPS) is 12.0. The van der Waals surface area contributed by atoms with Crippen molar-refractivity contribution in [1.82, 2.24) is 9.97 Å². The molecule has 0 bridgehead atoms. The van der Waals surface area contributed by atoms with E-state index in [1.54, 1.807) is 13.0 Å². The number of hydrogen-bond donors (Lipinski definition) is 2. The smallest absolute Gasteiger partial charge is 0.149 e. The fourth-order valence-corrected chi connectivity index (χ4v) is 1.79. The summed E-state index contributed by atoms with van der Waals surface area (Å²) in [7, 11) is 0. The minimum Gasteiger partial charge on any atom is -0.367 e. The Balaban J connectivity index is 2.23. The zero-order valence-corrected chi connectivity index (χ0v) is 12.2. The van der Waals surface area contributed by atoms with Crippen LogP contribution in [0.1, 0.15) is 26.1 Å². The van der Waals surface area contributed by atoms with Gasteiger partial charge in [-0.2, -0.15) is 0 Å². The first-order valence-corrected chi connectivity index (χ1v) is 6.82. The molecule has 0 aliphatic carbocycles. The monoisotopic (exact) mass is 292 g/mol. The van der Waals surface area contributed by atoms with E-state index in [0.717, 1.165) is 12.5 Å². The van der Waals surface area contributed by atoms with Gasteiger partial charge >= 0.3 is 0 Å². The van der Waals surface area contributed by atoms with Crippen LogP contribution in [-0.2, 0) is 0 Å². The fraction of sp³-hybridized carbons (Fsp3) is 0.333. The molecule has 0 saturated carbocycles. The lowest BCUT2D eigenvalue weighted by atomic mass is 10.2. The molecule has 0 spiro atoms. The second kappa shape index (κ2) is 6.47. The molecule has 2 aromatic rings. The number of anilines is 3. The van der Waals surface area contributed by atoms with Gasteiger partial charge in [-0.25, -0.2) is 18.7 Å². The maximum atomic E-state index is 13.6. The topological polar surface area (TPSA) is 49.8 Å². The van der Waals surface area contributed by atoms with E-state index in [1.807, 2.05) is 6.92 Å². The van der Waals surface area contributed by atoms with Gasteiger partial charge in [0.25, 0.3) is 0 Å². The van der Waals surface area contributed by atoms with Crippen molar-refractivity contribution in [2.75, 3.05) is 10.6 Å². The van der Waals surface area contributed by atoms with Gasteiger partial charge in [0.05, 0.1) is 5.69 Å². The molecule has 2 N–H and O–H groups in total. The summed E-state index contributed by atoms with van der Waals surface area (Å²) in [4.78, 5) is 8.49. The first-order valence-electron chi connectivity index (χ1n) is 6.82. The lowest BCUT2D eigenvalue weighted by Crippen LogP contribution is -2.15. The number of hydrogen-bond acceptors (Lipinski definition) is 4. The van der Waals surface area contributed by atoms with E-state index in [2.05, 4.69) is 27.5 Å². The number of aromatic nitrogens is 2. The van der Waals surface area contributed by atoms with Gasteiger partial charge in [0, 0.05) is 18.2 Å². The van der Waals surface area contributed by atoms with Gasteiger partial charge in [0.2, 0.25) is 0 Å². The third-order valence-electron chi connectivity index (χ3n) is 3.04. The van der Waals surface area contributed by atoms with Crippen molar-refractivity contribution in [2.45, 2.75) is 33.2 Å². The lowest BCUT2D eigenvalue weighted by molar-refractivity contribution is 0.586. The molecule has 1 aromatic heterocycles. The molecule has 0 saturated heterocycles. The second-order valence-corrected chi connectivity index (χ2v) is 4.89. The summed E-state index contributed by atoms with van der Waals surface area (Å²) in [6.07, 6.45) is 0.957. The molecule has 21 heavy (non-hydrogen) atoms. The van der Waals surface area contributed by atoms with Crippen molar-refractivity contribution >= 4 is 17.3 Å². The maximum Gasteiger partial charge on any atom is 0.149 e. The second-order valence-electron chi connectivity index (χ2n) is 4.89. The standard InChI is InChI=1S/C15H18F2N4/c1-4-9(2)18-14-8-15(20-10(3)19-14)21-13-6-5-11(16)7-12(13)17/h5-9H,4H2,1-3H3,(H2,18,19,20,21). The van der Waals surface area contributed by atoms with Crippen molar-refractivity contribution in [3.63, 3.8) is 0 Å². The Labute approximate surface area is 122 Å². The molecule has 0 fully saturated rings. The van der Waals surface area contributed by atoms with E-state index in [1.165, 1.54) is 12.1 Å². The Morgan fingerprint density at radius 2 is 1.86 bits per heavy atom. The molecule has 1 atom stereocenters. The molecule has 0 amide bonds. The van der Waals surface area contributed by atoms with Crippen LogP contribution in [0, 0.1) is 18.6 Å². The molecule has 4 nitrogen and oxygen atoms in total. The van der Waals surface area contributed by atoms with Crippen LogP contribution in [0.3, 0.4) is 0 Å². The molecule has 1 aromatic carbocycles. The highest BCUT2D eigenvalue weighted by Gasteiger charge is 2.08. The summed E-state index contributed by atoms with van der Waals surface area (Å²) in [5.74, 6) is 0.410. The quantitative estimate of drug-likeness (QED) is 0.874. The highest BCUT2D eigenvalue weighted by atomic mass is 19.1. The molecule has 0 aliphatic heterocycles. The van der Waals surface area contributed by atoms with E-state index in [0.29, 0.717) is 17.5 Å². The summed E-state index contributed by atoms with van der Waals surface area (Å²) in [5, 5.41) is 6.08. The van der Waals surface area contributed by atoms with E-state index in [9.17, 15) is 8.78 Å². The van der Waals surface area contributed by atoms with Crippen LogP contribution in [0.2, 0.25) is 0 Å². The van der Waals surface area contributed by atoms with Crippen molar-refractivity contribution in [2.24, 2.45) is 0 Å². The maximum absolute atomic E-state index is 13.6. The van der Waals surface area contributed by atoms with Gasteiger partial charge in [-0.1, -0.05) is 6.92 Å². The van der Waals surface area contributed by atoms with Crippen molar-refractivity contribution in [3.8, 4) is 0 Å². The minimum atomic E-state index is -0.664. The molecule has 0 radical (unpaired) electrons. The highest BCUT2D eigenvalue weighted by Crippen LogP contribution is 2.21. The average Bonchev–Trinajstić information content (AvgIpc) is 2.41. The lowest BCUT2D eigenvalue weighted by Gasteiger charge is -2.14. The number of benzene rings is 1. The molecular weight excluding hydrogens is 274 g/mol. The predicted molar refractivity (Wildman–Crippen MR) is 79.8 cm³/mol. The summed E-state index contributed by atoms with van der Waals surface area (Å²) in [5.41, 5.74) is 0.170. The third kappa shape index (κ3) is 4.11. The number of halogens is 2. The van der Waals surface area contributed by atoms with Gasteiger partial charge in [0.1, 0.15) is 29.1 Å². The fourth-order valence-electron chi connectivity index (χ4n) is 1.79. The van der Waals surface area contributed by atoms with Crippen LogP contribution >= 0.6 is 0 Å². The first-order chi connectivity index (χ1) is 9.97. The number of rotatable bonds is 5. The van der Waals surface area contributed by atoms with E-state index < -0.39 is 11.6 Å². The van der Waals surface area contributed by atoms with Crippen LogP contribution in [-0.4, -0.2) is 16.0 Å². The zero-order chi connectivity index (χ0) is 15.4. The largest absolute Gasteiger partial charge is 0.367 e. The van der Waals surface area contributed by atoms with E-state index in [4.69, 9.17) is 0 Å². The number of nitrogens with one attached hydrogen (secondary N) is 2. The summed E-state index contributed by atoms with van der Waals surface area (Å²) in [6.45, 7) is 5.87. The summed E-state index contributed by atoms with van der Waals surface area (Å²) in [6, 6.07) is 5.33. The average molecular weight is 292 g/mol. The van der Waals surface area contributed by atoms with E-state index >= 15 is 0 Å². The molecule has 1 unspecified atom stereocenters. The van der Waals surface area contributed by atoms with Crippen LogP contribution in [0.15, 0.2) is 24.3 Å². The van der Waals surface area contributed by atoms with Gasteiger partial charge in [-0.15, -0.1) is 0 Å². The van der Waals surface area contributed by atoms with Crippen LogP contribution in [0.25, 0.3) is 0 Å². The molecule has 0 aliphatic rings. The Kier molecular flexibility index (Phi) is 4.67. The predicted octanol–water partition coefficient (Wildman–Crippen LogP) is 4.02. The Morgan fingerprint density at radius 1 is 1.14 bits per heavy atom. The van der Waals surface area contributed by atoms with E-state index in [-0.39, 0.29) is 11.7 Å². The van der Waals surface area contributed by atoms with Gasteiger partial charge < -0.3 is 10.6 Å². The zero-order valence-electron chi connectivity index (χ0n) is 12.2. The molecule has 1 heterocycles.